The maximum atomic E-state index is 8.75. The fourth-order valence-electron chi connectivity index (χ4n) is 0.892. The number of hydrogen-bond acceptors (Lipinski definition) is 3. The van der Waals surface area contributed by atoms with Crippen LogP contribution in [0.25, 0.3) is 0 Å². The van der Waals surface area contributed by atoms with Crippen molar-refractivity contribution in [3.05, 3.63) is 34.9 Å². The molecule has 0 fully saturated rings. The lowest BCUT2D eigenvalue weighted by molar-refractivity contribution is 0.195. The molecule has 0 saturated heterocycles. The first-order chi connectivity index (χ1) is 6.76. The second-order valence-corrected chi connectivity index (χ2v) is 3.29. The van der Waals surface area contributed by atoms with Crippen LogP contribution in [0.1, 0.15) is 5.56 Å². The van der Waals surface area contributed by atoms with Crippen molar-refractivity contribution in [1.82, 2.24) is 0 Å². The molecule has 0 saturated carbocycles. The Morgan fingerprint density at radius 3 is 2.29 bits per heavy atom. The smallest absolute Gasteiger partial charge is 0.0960 e. The number of benzene rings is 1. The van der Waals surface area contributed by atoms with E-state index in [1.807, 2.05) is 12.1 Å². The first-order valence-corrected chi connectivity index (χ1v) is 4.64. The summed E-state index contributed by atoms with van der Waals surface area (Å²) >= 11 is 5.70. The maximum Gasteiger partial charge on any atom is 0.0960 e. The average molecular weight is 214 g/mol. The molecule has 0 aromatic heterocycles. The van der Waals surface area contributed by atoms with Crippen LogP contribution < -0.4 is 0 Å². The minimum atomic E-state index is -0.439. The van der Waals surface area contributed by atoms with Gasteiger partial charge in [0.1, 0.15) is 0 Å². The number of aliphatic hydroxyl groups excluding tert-OH is 2. The van der Waals surface area contributed by atoms with E-state index in [0.29, 0.717) is 5.02 Å². The molecule has 1 aromatic carbocycles. The molecule has 0 aliphatic heterocycles. The summed E-state index contributed by atoms with van der Waals surface area (Å²) in [6, 6.07) is 6.71. The molecule has 14 heavy (non-hydrogen) atoms. The van der Waals surface area contributed by atoms with Crippen molar-refractivity contribution in [2.24, 2.45) is 4.99 Å². The summed E-state index contributed by atoms with van der Waals surface area (Å²) in [4.78, 5) is 3.99. The lowest BCUT2D eigenvalue weighted by Crippen LogP contribution is -2.15. The van der Waals surface area contributed by atoms with Crippen molar-refractivity contribution in [2.75, 3.05) is 13.2 Å². The van der Waals surface area contributed by atoms with E-state index in [-0.39, 0.29) is 13.2 Å². The molecule has 1 aromatic rings. The predicted molar refractivity (Wildman–Crippen MR) is 57.0 cm³/mol. The third-order valence-electron chi connectivity index (χ3n) is 1.73. The van der Waals surface area contributed by atoms with Crippen molar-refractivity contribution < 1.29 is 10.2 Å². The molecule has 0 spiro atoms. The minimum Gasteiger partial charge on any atom is -0.394 e. The third kappa shape index (κ3) is 3.46. The van der Waals surface area contributed by atoms with Gasteiger partial charge in [-0.2, -0.15) is 0 Å². The van der Waals surface area contributed by atoms with Crippen LogP contribution in [0.15, 0.2) is 29.3 Å². The summed E-state index contributed by atoms with van der Waals surface area (Å²) < 4.78 is 0. The van der Waals surface area contributed by atoms with E-state index in [0.717, 1.165) is 5.56 Å². The fraction of sp³-hybridized carbons (Fsp3) is 0.300. The van der Waals surface area contributed by atoms with Gasteiger partial charge in [0, 0.05) is 11.2 Å². The highest BCUT2D eigenvalue weighted by Gasteiger charge is 1.99. The molecule has 4 heteroatoms. The van der Waals surface area contributed by atoms with Crippen molar-refractivity contribution in [3.8, 4) is 0 Å². The van der Waals surface area contributed by atoms with Gasteiger partial charge >= 0.3 is 0 Å². The highest BCUT2D eigenvalue weighted by Crippen LogP contribution is 2.08. The number of hydrogen-bond donors (Lipinski definition) is 2. The number of rotatable bonds is 4. The van der Waals surface area contributed by atoms with Gasteiger partial charge in [0.2, 0.25) is 0 Å². The van der Waals surface area contributed by atoms with Gasteiger partial charge < -0.3 is 10.2 Å². The minimum absolute atomic E-state index is 0.152. The highest BCUT2D eigenvalue weighted by atomic mass is 35.5. The van der Waals surface area contributed by atoms with Crippen LogP contribution in [0.5, 0.6) is 0 Å². The molecular formula is C10H12ClNO2. The molecule has 0 unspecified atom stereocenters. The topological polar surface area (TPSA) is 52.8 Å². The molecule has 2 N–H and O–H groups in total. The molecule has 0 bridgehead atoms. The quantitative estimate of drug-likeness (QED) is 0.737. The molecule has 0 amide bonds. The Morgan fingerprint density at radius 2 is 1.79 bits per heavy atom. The third-order valence-corrected chi connectivity index (χ3v) is 1.98. The van der Waals surface area contributed by atoms with E-state index < -0.39 is 6.04 Å². The number of aliphatic imine (C=N–C) groups is 1. The van der Waals surface area contributed by atoms with Gasteiger partial charge in [0.05, 0.1) is 19.3 Å². The molecule has 0 aliphatic carbocycles. The molecule has 3 nitrogen and oxygen atoms in total. The normalized spacial score (nSPS) is 11.4. The molecule has 0 heterocycles. The Morgan fingerprint density at radius 1 is 1.21 bits per heavy atom. The van der Waals surface area contributed by atoms with Gasteiger partial charge in [0.25, 0.3) is 0 Å². The van der Waals surface area contributed by atoms with Gasteiger partial charge in [-0.25, -0.2) is 0 Å². The molecule has 0 atom stereocenters. The summed E-state index contributed by atoms with van der Waals surface area (Å²) in [5, 5.41) is 18.2. The van der Waals surface area contributed by atoms with Crippen LogP contribution in [0.3, 0.4) is 0 Å². The molecular weight excluding hydrogens is 202 g/mol. The van der Waals surface area contributed by atoms with Crippen LogP contribution in [-0.4, -0.2) is 35.7 Å². The molecule has 76 valence electrons. The first kappa shape index (κ1) is 11.2. The Kier molecular flexibility index (Phi) is 4.59. The lowest BCUT2D eigenvalue weighted by atomic mass is 10.2. The van der Waals surface area contributed by atoms with Gasteiger partial charge in [-0.1, -0.05) is 23.7 Å². The first-order valence-electron chi connectivity index (χ1n) is 4.26. The Labute approximate surface area is 87.7 Å². The van der Waals surface area contributed by atoms with E-state index in [1.165, 1.54) is 0 Å². The maximum absolute atomic E-state index is 8.75. The largest absolute Gasteiger partial charge is 0.394 e. The average Bonchev–Trinajstić information content (AvgIpc) is 2.22. The zero-order valence-corrected chi connectivity index (χ0v) is 8.35. The zero-order valence-electron chi connectivity index (χ0n) is 7.60. The van der Waals surface area contributed by atoms with Gasteiger partial charge in [0.15, 0.2) is 0 Å². The fourth-order valence-corrected chi connectivity index (χ4v) is 1.02. The number of aliphatic hydroxyl groups is 2. The van der Waals surface area contributed by atoms with Crippen molar-refractivity contribution in [3.63, 3.8) is 0 Å². The molecule has 0 radical (unpaired) electrons. The van der Waals surface area contributed by atoms with Gasteiger partial charge in [-0.15, -0.1) is 0 Å². The highest BCUT2D eigenvalue weighted by molar-refractivity contribution is 6.30. The summed E-state index contributed by atoms with van der Waals surface area (Å²) in [7, 11) is 0. The van der Waals surface area contributed by atoms with E-state index in [2.05, 4.69) is 4.99 Å². The van der Waals surface area contributed by atoms with Crippen LogP contribution in [0.4, 0.5) is 0 Å². The predicted octanol–water partition coefficient (Wildman–Crippen LogP) is 1.11. The monoisotopic (exact) mass is 213 g/mol. The number of halogens is 1. The molecule has 0 aliphatic rings. The molecule has 1 rings (SSSR count). The van der Waals surface area contributed by atoms with Crippen molar-refractivity contribution in [2.45, 2.75) is 6.04 Å². The van der Waals surface area contributed by atoms with Crippen LogP contribution in [-0.2, 0) is 0 Å². The van der Waals surface area contributed by atoms with Crippen molar-refractivity contribution >= 4 is 17.8 Å². The Bertz CT molecular complexity index is 293. The van der Waals surface area contributed by atoms with E-state index in [9.17, 15) is 0 Å². The van der Waals surface area contributed by atoms with Crippen LogP contribution in [0, 0.1) is 0 Å². The Balaban J connectivity index is 2.63. The van der Waals surface area contributed by atoms with Crippen LogP contribution in [0.2, 0.25) is 5.02 Å². The second kappa shape index (κ2) is 5.75. The van der Waals surface area contributed by atoms with Crippen molar-refractivity contribution in [1.29, 1.82) is 0 Å². The summed E-state index contributed by atoms with van der Waals surface area (Å²) in [6.07, 6.45) is 1.60. The summed E-state index contributed by atoms with van der Waals surface area (Å²) in [5.74, 6) is 0. The van der Waals surface area contributed by atoms with E-state index in [4.69, 9.17) is 21.8 Å². The second-order valence-electron chi connectivity index (χ2n) is 2.85. The standard InChI is InChI=1S/C10H12ClNO2/c11-9-3-1-8(2-4-9)5-12-10(6-13)7-14/h1-5,10,13-14H,6-7H2. The SMILES string of the molecule is OCC(CO)N=Cc1ccc(Cl)cc1. The lowest BCUT2D eigenvalue weighted by Gasteiger charge is -2.03. The summed E-state index contributed by atoms with van der Waals surface area (Å²) in [6.45, 7) is -0.304. The summed E-state index contributed by atoms with van der Waals surface area (Å²) in [5.41, 5.74) is 0.890. The Hall–Kier alpha value is -0.900. The number of nitrogens with zero attached hydrogens (tertiary/aromatic N) is 1. The van der Waals surface area contributed by atoms with Gasteiger partial charge in [-0.05, 0) is 17.7 Å². The zero-order chi connectivity index (χ0) is 10.4. The van der Waals surface area contributed by atoms with E-state index >= 15 is 0 Å². The van der Waals surface area contributed by atoms with E-state index in [1.54, 1.807) is 18.3 Å². The van der Waals surface area contributed by atoms with Gasteiger partial charge in [-0.3, -0.25) is 4.99 Å². The van der Waals surface area contributed by atoms with Crippen LogP contribution >= 0.6 is 11.6 Å².